The molecule has 1 aliphatic heterocycles. The Balaban J connectivity index is 1.85. The van der Waals surface area contributed by atoms with Crippen molar-refractivity contribution >= 4 is 11.3 Å². The highest BCUT2D eigenvalue weighted by Gasteiger charge is 2.43. The van der Waals surface area contributed by atoms with Crippen LogP contribution in [-0.4, -0.2) is 19.3 Å². The second kappa shape index (κ2) is 5.17. The van der Waals surface area contributed by atoms with Gasteiger partial charge in [-0.15, -0.1) is 11.3 Å². The molecule has 1 aromatic rings. The largest absolute Gasteiger partial charge is 0.343 e. The van der Waals surface area contributed by atoms with E-state index < -0.39 is 5.79 Å². The Bertz CT molecular complexity index is 449. The van der Waals surface area contributed by atoms with Crippen LogP contribution in [0, 0.1) is 5.92 Å². The molecule has 0 saturated carbocycles. The molecule has 4 heteroatoms. The van der Waals surface area contributed by atoms with Crippen molar-refractivity contribution in [2.24, 2.45) is 11.7 Å². The fraction of sp³-hybridized carbons (Fsp3) is 0.733. The van der Waals surface area contributed by atoms with E-state index in [1.54, 1.807) is 0 Å². The first-order valence-corrected chi connectivity index (χ1v) is 8.08. The lowest BCUT2D eigenvalue weighted by molar-refractivity contribution is -0.175. The van der Waals surface area contributed by atoms with Gasteiger partial charge >= 0.3 is 0 Å². The molecule has 106 valence electrons. The number of thiophene rings is 1. The van der Waals surface area contributed by atoms with Gasteiger partial charge in [0.05, 0.1) is 13.2 Å². The molecule has 2 heterocycles. The molecule has 0 aromatic carbocycles. The molecule has 0 amide bonds. The molecule has 1 aromatic heterocycles. The Hall–Kier alpha value is -0.420. The molecule has 0 radical (unpaired) electrons. The van der Waals surface area contributed by atoms with Crippen LogP contribution in [-0.2, 0) is 28.1 Å². The smallest absolute Gasteiger partial charge is 0.196 e. The Kier molecular flexibility index (Phi) is 3.69. The summed E-state index contributed by atoms with van der Waals surface area (Å²) >= 11 is 1.90. The third-order valence-electron chi connectivity index (χ3n) is 4.23. The summed E-state index contributed by atoms with van der Waals surface area (Å²) in [4.78, 5) is 2.82. The minimum absolute atomic E-state index is 0.237. The molecule has 19 heavy (non-hydrogen) atoms. The maximum atomic E-state index is 6.20. The van der Waals surface area contributed by atoms with Gasteiger partial charge in [0.25, 0.3) is 0 Å². The van der Waals surface area contributed by atoms with Crippen LogP contribution in [0.15, 0.2) is 6.07 Å². The summed E-state index contributed by atoms with van der Waals surface area (Å²) in [7, 11) is 0. The summed E-state index contributed by atoms with van der Waals surface area (Å²) in [6.45, 7) is 5.80. The van der Waals surface area contributed by atoms with Gasteiger partial charge in [-0.25, -0.2) is 0 Å². The van der Waals surface area contributed by atoms with Gasteiger partial charge < -0.3 is 15.2 Å². The topological polar surface area (TPSA) is 44.5 Å². The monoisotopic (exact) mass is 281 g/mol. The molecule has 3 nitrogen and oxygen atoms in total. The van der Waals surface area contributed by atoms with Crippen LogP contribution in [0.5, 0.6) is 0 Å². The standard InChI is InChI=1S/C15H23NO2S/c1-10(2)13(16)9-11-8-12-14(19-11)4-3-5-15(12)17-6-7-18-15/h8,10,13H,3-7,9,16H2,1-2H3. The predicted octanol–water partition coefficient (Wildman–Crippen LogP) is 2.81. The first-order valence-electron chi connectivity index (χ1n) is 7.26. The molecule has 2 aliphatic rings. The summed E-state index contributed by atoms with van der Waals surface area (Å²) in [5.41, 5.74) is 7.48. The van der Waals surface area contributed by atoms with Crippen LogP contribution < -0.4 is 5.73 Å². The Morgan fingerprint density at radius 2 is 2.11 bits per heavy atom. The van der Waals surface area contributed by atoms with Crippen molar-refractivity contribution in [1.29, 1.82) is 0 Å². The number of nitrogens with two attached hydrogens (primary N) is 1. The highest BCUT2D eigenvalue weighted by Crippen LogP contribution is 2.45. The number of fused-ring (bicyclic) bond motifs is 2. The number of ether oxygens (including phenoxy) is 2. The summed E-state index contributed by atoms with van der Waals surface area (Å²) in [6.07, 6.45) is 4.27. The lowest BCUT2D eigenvalue weighted by Crippen LogP contribution is -2.30. The second-order valence-electron chi connectivity index (χ2n) is 5.96. The average molecular weight is 281 g/mol. The summed E-state index contributed by atoms with van der Waals surface area (Å²) in [6, 6.07) is 2.52. The molecule has 1 atom stereocenters. The van der Waals surface area contributed by atoms with E-state index in [2.05, 4.69) is 19.9 Å². The van der Waals surface area contributed by atoms with Crippen LogP contribution in [0.25, 0.3) is 0 Å². The fourth-order valence-electron chi connectivity index (χ4n) is 2.93. The lowest BCUT2D eigenvalue weighted by atomic mass is 9.92. The van der Waals surface area contributed by atoms with Gasteiger partial charge in [-0.2, -0.15) is 0 Å². The van der Waals surface area contributed by atoms with E-state index in [4.69, 9.17) is 15.2 Å². The van der Waals surface area contributed by atoms with Crippen LogP contribution in [0.3, 0.4) is 0 Å². The van der Waals surface area contributed by atoms with Crippen LogP contribution in [0.2, 0.25) is 0 Å². The summed E-state index contributed by atoms with van der Waals surface area (Å²) in [5.74, 6) is 0.0941. The van der Waals surface area contributed by atoms with Gasteiger partial charge in [0.2, 0.25) is 0 Å². The van der Waals surface area contributed by atoms with Crippen LogP contribution >= 0.6 is 11.3 Å². The first-order chi connectivity index (χ1) is 9.11. The SMILES string of the molecule is CC(C)C(N)Cc1cc2c(s1)CCCC21OCCO1. The average Bonchev–Trinajstić information content (AvgIpc) is 2.97. The quantitative estimate of drug-likeness (QED) is 0.926. The highest BCUT2D eigenvalue weighted by molar-refractivity contribution is 7.12. The second-order valence-corrected chi connectivity index (χ2v) is 7.19. The van der Waals surface area contributed by atoms with E-state index in [-0.39, 0.29) is 6.04 Å². The van der Waals surface area contributed by atoms with Crippen molar-refractivity contribution in [3.8, 4) is 0 Å². The maximum Gasteiger partial charge on any atom is 0.196 e. The molecule has 1 saturated heterocycles. The Labute approximate surface area is 119 Å². The zero-order valence-electron chi connectivity index (χ0n) is 11.8. The van der Waals surface area contributed by atoms with Crippen LogP contribution in [0.4, 0.5) is 0 Å². The van der Waals surface area contributed by atoms with Gasteiger partial charge in [-0.05, 0) is 31.2 Å². The van der Waals surface area contributed by atoms with Crippen molar-refractivity contribution in [1.82, 2.24) is 0 Å². The molecule has 2 N–H and O–H groups in total. The molecule has 3 rings (SSSR count). The molecule has 0 bridgehead atoms. The van der Waals surface area contributed by atoms with E-state index >= 15 is 0 Å². The summed E-state index contributed by atoms with van der Waals surface area (Å²) in [5, 5.41) is 0. The zero-order chi connectivity index (χ0) is 13.5. The molecular formula is C15H23NO2S. The van der Waals surface area contributed by atoms with Gasteiger partial charge in [0.15, 0.2) is 5.79 Å². The van der Waals surface area contributed by atoms with Crippen molar-refractivity contribution < 1.29 is 9.47 Å². The van der Waals surface area contributed by atoms with Crippen molar-refractivity contribution in [2.75, 3.05) is 13.2 Å². The van der Waals surface area contributed by atoms with Gasteiger partial charge in [-0.1, -0.05) is 13.8 Å². The number of rotatable bonds is 3. The third-order valence-corrected chi connectivity index (χ3v) is 5.44. The zero-order valence-corrected chi connectivity index (χ0v) is 12.6. The van der Waals surface area contributed by atoms with Crippen LogP contribution in [0.1, 0.15) is 42.0 Å². The van der Waals surface area contributed by atoms with E-state index in [0.29, 0.717) is 5.92 Å². The van der Waals surface area contributed by atoms with Gasteiger partial charge in [0.1, 0.15) is 0 Å². The maximum absolute atomic E-state index is 6.20. The predicted molar refractivity (Wildman–Crippen MR) is 77.4 cm³/mol. The van der Waals surface area contributed by atoms with Gasteiger partial charge in [0, 0.05) is 27.8 Å². The van der Waals surface area contributed by atoms with Crippen molar-refractivity contribution in [3.63, 3.8) is 0 Å². The molecular weight excluding hydrogens is 258 g/mol. The number of hydrogen-bond donors (Lipinski definition) is 1. The minimum atomic E-state index is -0.426. The van der Waals surface area contributed by atoms with Crippen molar-refractivity contribution in [3.05, 3.63) is 21.4 Å². The van der Waals surface area contributed by atoms with E-state index in [1.807, 2.05) is 11.3 Å². The third kappa shape index (κ3) is 2.47. The lowest BCUT2D eigenvalue weighted by Gasteiger charge is -2.31. The molecule has 1 spiro atoms. The Morgan fingerprint density at radius 3 is 2.79 bits per heavy atom. The Morgan fingerprint density at radius 1 is 1.37 bits per heavy atom. The van der Waals surface area contributed by atoms with E-state index in [0.717, 1.165) is 38.9 Å². The molecule has 1 unspecified atom stereocenters. The fourth-order valence-corrected chi connectivity index (χ4v) is 4.27. The molecule has 1 fully saturated rings. The van der Waals surface area contributed by atoms with Gasteiger partial charge in [-0.3, -0.25) is 0 Å². The number of hydrogen-bond acceptors (Lipinski definition) is 4. The first kappa shape index (κ1) is 13.6. The molecule has 1 aliphatic carbocycles. The van der Waals surface area contributed by atoms with E-state index in [9.17, 15) is 0 Å². The van der Waals surface area contributed by atoms with Crippen molar-refractivity contribution in [2.45, 2.75) is 51.4 Å². The minimum Gasteiger partial charge on any atom is -0.343 e. The summed E-state index contributed by atoms with van der Waals surface area (Å²) < 4.78 is 11.9. The highest BCUT2D eigenvalue weighted by atomic mass is 32.1. The normalized spacial score (nSPS) is 22.9. The number of aryl methyl sites for hydroxylation is 1. The van der Waals surface area contributed by atoms with E-state index in [1.165, 1.54) is 15.3 Å².